The van der Waals surface area contributed by atoms with E-state index in [4.69, 9.17) is 0 Å². The van der Waals surface area contributed by atoms with Gasteiger partial charge in [0.15, 0.2) is 0 Å². The summed E-state index contributed by atoms with van der Waals surface area (Å²) in [6.45, 7) is 5.57. The maximum atomic E-state index is 11.3. The van der Waals surface area contributed by atoms with Crippen molar-refractivity contribution >= 4 is 5.97 Å². The normalized spacial score (nSPS) is 22.2. The predicted molar refractivity (Wildman–Crippen MR) is 86.3 cm³/mol. The molecule has 0 spiro atoms. The Morgan fingerprint density at radius 3 is 2.91 bits per heavy atom. The molecule has 2 aromatic rings. The van der Waals surface area contributed by atoms with Crippen molar-refractivity contribution in [1.29, 1.82) is 0 Å². The highest BCUT2D eigenvalue weighted by Gasteiger charge is 2.33. The van der Waals surface area contributed by atoms with E-state index in [-0.39, 0.29) is 12.0 Å². The van der Waals surface area contributed by atoms with Crippen molar-refractivity contribution in [3.05, 3.63) is 41.7 Å². The molecule has 122 valence electrons. The number of rotatable bonds is 4. The third-order valence-corrected chi connectivity index (χ3v) is 4.70. The fourth-order valence-electron chi connectivity index (χ4n) is 3.28. The van der Waals surface area contributed by atoms with Crippen molar-refractivity contribution < 1.29 is 9.90 Å². The molecule has 1 aliphatic heterocycles. The standard InChI is InChI=1S/C17H22N4O2/c1-12-6-3-4-8-16(12)21-11-14(18-19-21)10-20-9-5-7-15(13(20)2)17(22)23/h3-4,6,8,11,13,15H,5,7,9-10H2,1-2H3,(H,22,23)/t13-,15-/m1/s1. The molecular formula is C17H22N4O2. The van der Waals surface area contributed by atoms with E-state index in [0.717, 1.165) is 36.3 Å². The van der Waals surface area contributed by atoms with Crippen molar-refractivity contribution in [2.45, 2.75) is 39.3 Å². The van der Waals surface area contributed by atoms with Gasteiger partial charge in [-0.2, -0.15) is 0 Å². The summed E-state index contributed by atoms with van der Waals surface area (Å²) in [5, 5.41) is 17.8. The van der Waals surface area contributed by atoms with Crippen LogP contribution in [0.1, 0.15) is 31.0 Å². The smallest absolute Gasteiger partial charge is 0.308 e. The van der Waals surface area contributed by atoms with E-state index in [1.54, 1.807) is 4.68 Å². The van der Waals surface area contributed by atoms with Gasteiger partial charge < -0.3 is 5.11 Å². The highest BCUT2D eigenvalue weighted by molar-refractivity contribution is 5.70. The van der Waals surface area contributed by atoms with Gasteiger partial charge in [-0.15, -0.1) is 5.10 Å². The second kappa shape index (κ2) is 6.50. The molecule has 3 rings (SSSR count). The molecule has 23 heavy (non-hydrogen) atoms. The van der Waals surface area contributed by atoms with Gasteiger partial charge in [0.25, 0.3) is 0 Å². The minimum Gasteiger partial charge on any atom is -0.481 e. The fourth-order valence-corrected chi connectivity index (χ4v) is 3.28. The number of carbonyl (C=O) groups is 1. The second-order valence-corrected chi connectivity index (χ2v) is 6.24. The van der Waals surface area contributed by atoms with Gasteiger partial charge in [-0.3, -0.25) is 9.69 Å². The molecule has 1 aromatic carbocycles. The van der Waals surface area contributed by atoms with Crippen LogP contribution < -0.4 is 0 Å². The summed E-state index contributed by atoms with van der Waals surface area (Å²) >= 11 is 0. The predicted octanol–water partition coefficient (Wildman–Crippen LogP) is 2.26. The monoisotopic (exact) mass is 314 g/mol. The number of likely N-dealkylation sites (tertiary alicyclic amines) is 1. The van der Waals surface area contributed by atoms with E-state index in [0.29, 0.717) is 6.54 Å². The third-order valence-electron chi connectivity index (χ3n) is 4.70. The molecule has 2 heterocycles. The van der Waals surface area contributed by atoms with Crippen LogP contribution in [-0.4, -0.2) is 43.6 Å². The molecule has 6 nitrogen and oxygen atoms in total. The Kier molecular flexibility index (Phi) is 4.43. The number of hydrogen-bond donors (Lipinski definition) is 1. The van der Waals surface area contributed by atoms with Crippen LogP contribution >= 0.6 is 0 Å². The Hall–Kier alpha value is -2.21. The van der Waals surface area contributed by atoms with Crippen LogP contribution in [0, 0.1) is 12.8 Å². The molecule has 1 aromatic heterocycles. The van der Waals surface area contributed by atoms with Gasteiger partial charge in [0.05, 0.1) is 23.5 Å². The summed E-state index contributed by atoms with van der Waals surface area (Å²) in [6, 6.07) is 8.05. The first-order valence-electron chi connectivity index (χ1n) is 8.00. The number of hydrogen-bond acceptors (Lipinski definition) is 4. The van der Waals surface area contributed by atoms with Crippen molar-refractivity contribution in [3.63, 3.8) is 0 Å². The van der Waals surface area contributed by atoms with E-state index < -0.39 is 5.97 Å². The summed E-state index contributed by atoms with van der Waals surface area (Å²) in [5.41, 5.74) is 3.02. The highest BCUT2D eigenvalue weighted by Crippen LogP contribution is 2.25. The third kappa shape index (κ3) is 3.27. The summed E-state index contributed by atoms with van der Waals surface area (Å²) in [6.07, 6.45) is 3.59. The largest absolute Gasteiger partial charge is 0.481 e. The number of carboxylic acid groups (broad SMARTS) is 1. The number of aryl methyl sites for hydroxylation is 1. The number of nitrogens with zero attached hydrogens (tertiary/aromatic N) is 4. The Morgan fingerprint density at radius 2 is 2.17 bits per heavy atom. The zero-order chi connectivity index (χ0) is 16.4. The molecule has 1 saturated heterocycles. The number of para-hydroxylation sites is 1. The van der Waals surface area contributed by atoms with Crippen LogP contribution in [0.4, 0.5) is 0 Å². The number of carboxylic acids is 1. The van der Waals surface area contributed by atoms with Gasteiger partial charge in [0.1, 0.15) is 0 Å². The SMILES string of the molecule is Cc1ccccc1-n1cc(CN2CCC[C@@H](C(=O)O)[C@H]2C)nn1. The molecule has 2 atom stereocenters. The molecule has 1 fully saturated rings. The van der Waals surface area contributed by atoms with E-state index in [9.17, 15) is 9.90 Å². The lowest BCUT2D eigenvalue weighted by Crippen LogP contribution is -2.45. The number of aliphatic carboxylic acids is 1. The lowest BCUT2D eigenvalue weighted by Gasteiger charge is -2.36. The van der Waals surface area contributed by atoms with Crippen LogP contribution in [0.5, 0.6) is 0 Å². The summed E-state index contributed by atoms with van der Waals surface area (Å²) < 4.78 is 1.79. The maximum absolute atomic E-state index is 11.3. The first-order valence-corrected chi connectivity index (χ1v) is 8.00. The molecule has 6 heteroatoms. The first-order chi connectivity index (χ1) is 11.1. The minimum absolute atomic E-state index is 0.0184. The molecule has 0 amide bonds. The Bertz CT molecular complexity index is 697. The van der Waals surface area contributed by atoms with Crippen LogP contribution in [0.15, 0.2) is 30.5 Å². The van der Waals surface area contributed by atoms with Crippen molar-refractivity contribution in [3.8, 4) is 5.69 Å². The topological polar surface area (TPSA) is 71.2 Å². The molecule has 1 aliphatic rings. The first kappa shape index (κ1) is 15.7. The Morgan fingerprint density at radius 1 is 1.39 bits per heavy atom. The van der Waals surface area contributed by atoms with E-state index in [1.807, 2.05) is 44.3 Å². The van der Waals surface area contributed by atoms with Gasteiger partial charge in [-0.1, -0.05) is 23.4 Å². The van der Waals surface area contributed by atoms with Crippen LogP contribution in [0.2, 0.25) is 0 Å². The average Bonchev–Trinajstić information content (AvgIpc) is 2.98. The van der Waals surface area contributed by atoms with Crippen molar-refractivity contribution in [1.82, 2.24) is 19.9 Å². The van der Waals surface area contributed by atoms with E-state index >= 15 is 0 Å². The number of benzene rings is 1. The van der Waals surface area contributed by atoms with Gasteiger partial charge in [-0.25, -0.2) is 4.68 Å². The molecule has 0 aliphatic carbocycles. The second-order valence-electron chi connectivity index (χ2n) is 6.24. The molecule has 1 N–H and O–H groups in total. The van der Waals surface area contributed by atoms with Crippen LogP contribution in [0.25, 0.3) is 5.69 Å². The zero-order valence-corrected chi connectivity index (χ0v) is 13.5. The molecular weight excluding hydrogens is 292 g/mol. The van der Waals surface area contributed by atoms with Gasteiger partial charge in [-0.05, 0) is 44.9 Å². The average molecular weight is 314 g/mol. The Balaban J connectivity index is 1.74. The number of aromatic nitrogens is 3. The van der Waals surface area contributed by atoms with E-state index in [2.05, 4.69) is 15.2 Å². The van der Waals surface area contributed by atoms with Crippen molar-refractivity contribution in [2.75, 3.05) is 6.54 Å². The molecule has 0 radical (unpaired) electrons. The Labute approximate surface area is 135 Å². The summed E-state index contributed by atoms with van der Waals surface area (Å²) in [4.78, 5) is 13.5. The zero-order valence-electron chi connectivity index (χ0n) is 13.5. The lowest BCUT2D eigenvalue weighted by molar-refractivity contribution is -0.145. The summed E-state index contributed by atoms with van der Waals surface area (Å²) in [5.74, 6) is -0.999. The number of piperidine rings is 1. The van der Waals surface area contributed by atoms with Gasteiger partial charge in [0.2, 0.25) is 0 Å². The highest BCUT2D eigenvalue weighted by atomic mass is 16.4. The molecule has 0 unspecified atom stereocenters. The van der Waals surface area contributed by atoms with Gasteiger partial charge >= 0.3 is 5.97 Å². The van der Waals surface area contributed by atoms with E-state index in [1.165, 1.54) is 0 Å². The molecule has 0 saturated carbocycles. The van der Waals surface area contributed by atoms with Crippen LogP contribution in [-0.2, 0) is 11.3 Å². The quantitative estimate of drug-likeness (QED) is 0.937. The summed E-state index contributed by atoms with van der Waals surface area (Å²) in [7, 11) is 0. The lowest BCUT2D eigenvalue weighted by atomic mass is 9.90. The fraction of sp³-hybridized carbons (Fsp3) is 0.471. The van der Waals surface area contributed by atoms with Gasteiger partial charge in [0, 0.05) is 12.6 Å². The molecule has 0 bridgehead atoms. The van der Waals surface area contributed by atoms with Crippen molar-refractivity contribution in [2.24, 2.45) is 5.92 Å². The maximum Gasteiger partial charge on any atom is 0.308 e. The van der Waals surface area contributed by atoms with Crippen LogP contribution in [0.3, 0.4) is 0 Å². The minimum atomic E-state index is -0.703.